The summed E-state index contributed by atoms with van der Waals surface area (Å²) in [7, 11) is 0. The van der Waals surface area contributed by atoms with E-state index in [-0.39, 0.29) is 23.6 Å². The lowest BCUT2D eigenvalue weighted by atomic mass is 10.1. The number of para-hydroxylation sites is 1. The Balaban J connectivity index is 1.50. The minimum atomic E-state index is -0.382. The molecule has 2 aromatic rings. The summed E-state index contributed by atoms with van der Waals surface area (Å²) >= 11 is 1.26. The fraction of sp³-hybridized carbons (Fsp3) is 0.304. The topological polar surface area (TPSA) is 74.1 Å². The number of nitrogens with one attached hydrogen (secondary N) is 1. The maximum Gasteiger partial charge on any atom is 0.259 e. The Labute approximate surface area is 180 Å². The predicted octanol–water partition coefficient (Wildman–Crippen LogP) is 4.38. The zero-order valence-corrected chi connectivity index (χ0v) is 17.9. The number of aryl methyl sites for hydroxylation is 1. The van der Waals surface area contributed by atoms with E-state index in [2.05, 4.69) is 22.2 Å². The van der Waals surface area contributed by atoms with Gasteiger partial charge in [0, 0.05) is 11.3 Å². The highest BCUT2D eigenvalue weighted by molar-refractivity contribution is 8.14. The van der Waals surface area contributed by atoms with Crippen molar-refractivity contribution >= 4 is 46.0 Å². The summed E-state index contributed by atoms with van der Waals surface area (Å²) in [6, 6.07) is 15.1. The number of carbonyl (C=O) groups is 2. The number of fused-ring (bicyclic) bond motifs is 3. The molecule has 0 saturated heterocycles. The van der Waals surface area contributed by atoms with Crippen molar-refractivity contribution in [1.82, 2.24) is 4.90 Å². The number of amides is 2. The molecule has 154 valence electrons. The minimum Gasteiger partial charge on any atom is -0.325 e. The highest BCUT2D eigenvalue weighted by Crippen LogP contribution is 2.34. The molecule has 1 N–H and O–H groups in total. The number of carbonyl (C=O) groups excluding carboxylic acids is 2. The third-order valence-electron chi connectivity index (χ3n) is 5.09. The molecule has 0 aromatic heterocycles. The number of thioether (sulfide) groups is 1. The summed E-state index contributed by atoms with van der Waals surface area (Å²) in [6.45, 7) is 4.13. The van der Waals surface area contributed by atoms with Crippen LogP contribution in [-0.4, -0.2) is 39.5 Å². The molecule has 0 unspecified atom stereocenters. The fourth-order valence-corrected chi connectivity index (χ4v) is 4.31. The second-order valence-corrected chi connectivity index (χ2v) is 8.17. The van der Waals surface area contributed by atoms with Gasteiger partial charge in [0.15, 0.2) is 5.17 Å². The number of benzene rings is 2. The maximum absolute atomic E-state index is 13.0. The van der Waals surface area contributed by atoms with Crippen molar-refractivity contribution in [2.75, 3.05) is 11.1 Å². The van der Waals surface area contributed by atoms with E-state index < -0.39 is 0 Å². The standard InChI is InChI=1S/C23H24N4O2S/c1-3-7-19-22(29)27-21(25-19)17-8-5-6-9-18(17)26-23(27)30-14-20(28)24-16-12-10-15(4-2)11-13-16/h5-6,8-13,19H,3-4,7,14H2,1-2H3,(H,24,28)/t19-/m1/s1. The smallest absolute Gasteiger partial charge is 0.259 e. The molecule has 0 fully saturated rings. The van der Waals surface area contributed by atoms with Gasteiger partial charge in [-0.3, -0.25) is 14.6 Å². The van der Waals surface area contributed by atoms with Gasteiger partial charge in [-0.1, -0.05) is 56.3 Å². The van der Waals surface area contributed by atoms with Crippen molar-refractivity contribution in [1.29, 1.82) is 0 Å². The number of aliphatic imine (C=N–C) groups is 2. The van der Waals surface area contributed by atoms with Crippen LogP contribution >= 0.6 is 11.8 Å². The van der Waals surface area contributed by atoms with Crippen LogP contribution in [0.15, 0.2) is 58.5 Å². The van der Waals surface area contributed by atoms with Crippen LogP contribution in [0.1, 0.15) is 37.8 Å². The Morgan fingerprint density at radius 1 is 1.13 bits per heavy atom. The van der Waals surface area contributed by atoms with Crippen LogP contribution in [0.3, 0.4) is 0 Å². The van der Waals surface area contributed by atoms with E-state index in [1.165, 1.54) is 17.3 Å². The molecule has 2 aromatic carbocycles. The van der Waals surface area contributed by atoms with E-state index in [1.807, 2.05) is 55.5 Å². The van der Waals surface area contributed by atoms with E-state index in [0.717, 1.165) is 29.8 Å². The molecule has 2 aliphatic heterocycles. The zero-order chi connectivity index (χ0) is 21.1. The lowest BCUT2D eigenvalue weighted by Crippen LogP contribution is -2.41. The Bertz CT molecular complexity index is 1030. The number of hydrogen-bond donors (Lipinski definition) is 1. The lowest BCUT2D eigenvalue weighted by molar-refractivity contribution is -0.124. The van der Waals surface area contributed by atoms with E-state index in [0.29, 0.717) is 17.4 Å². The van der Waals surface area contributed by atoms with E-state index in [9.17, 15) is 9.59 Å². The Hall–Kier alpha value is -2.93. The van der Waals surface area contributed by atoms with Gasteiger partial charge >= 0.3 is 0 Å². The summed E-state index contributed by atoms with van der Waals surface area (Å²) in [5, 5.41) is 3.41. The molecule has 2 amide bonds. The van der Waals surface area contributed by atoms with Gasteiger partial charge in [-0.05, 0) is 42.7 Å². The lowest BCUT2D eigenvalue weighted by Gasteiger charge is -2.25. The van der Waals surface area contributed by atoms with Crippen molar-refractivity contribution in [3.63, 3.8) is 0 Å². The normalized spacial score (nSPS) is 17.2. The van der Waals surface area contributed by atoms with Crippen molar-refractivity contribution in [2.45, 2.75) is 39.2 Å². The van der Waals surface area contributed by atoms with Crippen LogP contribution < -0.4 is 5.32 Å². The quantitative estimate of drug-likeness (QED) is 0.754. The number of nitrogens with zero attached hydrogens (tertiary/aromatic N) is 3. The van der Waals surface area contributed by atoms with Crippen molar-refractivity contribution < 1.29 is 9.59 Å². The van der Waals surface area contributed by atoms with Gasteiger partial charge in [0.2, 0.25) is 5.91 Å². The number of anilines is 1. The van der Waals surface area contributed by atoms with Gasteiger partial charge < -0.3 is 5.32 Å². The Morgan fingerprint density at radius 2 is 1.90 bits per heavy atom. The first-order chi connectivity index (χ1) is 14.6. The SMILES string of the molecule is CCC[C@H]1N=C2c3ccccc3N=C(SCC(=O)Nc3ccc(CC)cc3)N2C1=O. The molecule has 0 radical (unpaired) electrons. The molecule has 1 atom stereocenters. The molecular formula is C23H24N4O2S. The maximum atomic E-state index is 13.0. The monoisotopic (exact) mass is 420 g/mol. The number of amidine groups is 2. The molecule has 0 aliphatic carbocycles. The largest absolute Gasteiger partial charge is 0.325 e. The molecule has 4 rings (SSSR count). The predicted molar refractivity (Wildman–Crippen MR) is 123 cm³/mol. The van der Waals surface area contributed by atoms with Gasteiger partial charge in [-0.25, -0.2) is 9.89 Å². The first-order valence-electron chi connectivity index (χ1n) is 10.2. The fourth-order valence-electron chi connectivity index (χ4n) is 3.51. The number of rotatable bonds is 6. The summed E-state index contributed by atoms with van der Waals surface area (Å²) < 4.78 is 0. The minimum absolute atomic E-state index is 0.0665. The summed E-state index contributed by atoms with van der Waals surface area (Å²) in [5.41, 5.74) is 3.61. The molecule has 2 heterocycles. The van der Waals surface area contributed by atoms with Gasteiger partial charge in [0.05, 0.1) is 11.4 Å². The molecule has 0 saturated carbocycles. The molecule has 30 heavy (non-hydrogen) atoms. The Kier molecular flexibility index (Phi) is 5.99. The third-order valence-corrected chi connectivity index (χ3v) is 6.03. The molecule has 7 heteroatoms. The molecule has 0 bridgehead atoms. The van der Waals surface area contributed by atoms with Crippen LogP contribution in [0.25, 0.3) is 0 Å². The van der Waals surface area contributed by atoms with Gasteiger partial charge in [-0.2, -0.15) is 0 Å². The zero-order valence-electron chi connectivity index (χ0n) is 17.1. The van der Waals surface area contributed by atoms with Crippen LogP contribution in [0.5, 0.6) is 0 Å². The van der Waals surface area contributed by atoms with Crippen molar-refractivity contribution in [3.8, 4) is 0 Å². The Morgan fingerprint density at radius 3 is 2.63 bits per heavy atom. The second kappa shape index (κ2) is 8.83. The molecule has 2 aliphatic rings. The average molecular weight is 421 g/mol. The van der Waals surface area contributed by atoms with Crippen LogP contribution in [0.2, 0.25) is 0 Å². The van der Waals surface area contributed by atoms with Crippen LogP contribution in [0.4, 0.5) is 11.4 Å². The molecule has 6 nitrogen and oxygen atoms in total. The van der Waals surface area contributed by atoms with Crippen molar-refractivity contribution in [3.05, 3.63) is 59.7 Å². The summed E-state index contributed by atoms with van der Waals surface area (Å²) in [4.78, 5) is 36.4. The summed E-state index contributed by atoms with van der Waals surface area (Å²) in [6.07, 6.45) is 2.53. The first kappa shape index (κ1) is 20.3. The van der Waals surface area contributed by atoms with Gasteiger partial charge in [-0.15, -0.1) is 0 Å². The first-order valence-corrected chi connectivity index (χ1v) is 11.2. The van der Waals surface area contributed by atoms with Crippen molar-refractivity contribution in [2.24, 2.45) is 9.98 Å². The van der Waals surface area contributed by atoms with E-state index >= 15 is 0 Å². The average Bonchev–Trinajstić information content (AvgIpc) is 3.09. The highest BCUT2D eigenvalue weighted by atomic mass is 32.2. The van der Waals surface area contributed by atoms with Gasteiger partial charge in [0.25, 0.3) is 5.91 Å². The van der Waals surface area contributed by atoms with E-state index in [4.69, 9.17) is 0 Å². The molecular weight excluding hydrogens is 396 g/mol. The third kappa shape index (κ3) is 4.03. The van der Waals surface area contributed by atoms with Crippen LogP contribution in [-0.2, 0) is 16.0 Å². The number of hydrogen-bond acceptors (Lipinski definition) is 5. The van der Waals surface area contributed by atoms with Gasteiger partial charge in [0.1, 0.15) is 11.9 Å². The second-order valence-electron chi connectivity index (χ2n) is 7.23. The highest BCUT2D eigenvalue weighted by Gasteiger charge is 2.40. The molecule has 0 spiro atoms. The summed E-state index contributed by atoms with van der Waals surface area (Å²) in [5.74, 6) is 0.595. The van der Waals surface area contributed by atoms with Crippen LogP contribution in [0, 0.1) is 0 Å². The van der Waals surface area contributed by atoms with E-state index in [1.54, 1.807) is 4.90 Å².